The molecule has 4 aromatic heterocycles. The highest BCUT2D eigenvalue weighted by molar-refractivity contribution is 7.26. The first-order valence-corrected chi connectivity index (χ1v) is 24.1. The summed E-state index contributed by atoms with van der Waals surface area (Å²) in [7, 11) is 0. The average Bonchev–Trinajstić information content (AvgIpc) is 4.09. The van der Waals surface area contributed by atoms with Crippen LogP contribution in [-0.4, -0.2) is 24.1 Å². The van der Waals surface area contributed by atoms with Crippen LogP contribution in [0, 0.1) is 0 Å². The van der Waals surface area contributed by atoms with Crippen molar-refractivity contribution in [2.45, 2.75) is 0 Å². The van der Waals surface area contributed by atoms with Gasteiger partial charge in [0.25, 0.3) is 0 Å². The van der Waals surface area contributed by atoms with Gasteiger partial charge in [-0.05, 0) is 89.5 Å². The van der Waals surface area contributed by atoms with E-state index in [-0.39, 0.29) is 0 Å². The average molecular weight is 898 g/mol. The monoisotopic (exact) mass is 897 g/mol. The summed E-state index contributed by atoms with van der Waals surface area (Å²) in [6.45, 7) is 0. The summed E-state index contributed by atoms with van der Waals surface area (Å²) in [5.41, 5.74) is 14.6. The van der Waals surface area contributed by atoms with Gasteiger partial charge in [-0.2, -0.15) is 0 Å². The fourth-order valence-corrected chi connectivity index (χ4v) is 11.6. The first-order chi connectivity index (χ1) is 34.2. The number of para-hydroxylation sites is 4. The zero-order valence-corrected chi connectivity index (χ0v) is 38.0. The highest BCUT2D eigenvalue weighted by Gasteiger charge is 2.21. The molecule has 0 spiro atoms. The van der Waals surface area contributed by atoms with E-state index in [4.69, 9.17) is 15.0 Å². The number of hydrogen-bond acceptors (Lipinski definition) is 4. The molecule has 14 aromatic rings. The minimum atomic E-state index is 0.651. The summed E-state index contributed by atoms with van der Waals surface area (Å²) in [5, 5.41) is 7.22. The molecule has 0 unspecified atom stereocenters. The van der Waals surface area contributed by atoms with Gasteiger partial charge >= 0.3 is 0 Å². The molecule has 0 amide bonds. The Balaban J connectivity index is 0.961. The first-order valence-electron chi connectivity index (χ1n) is 23.3. The third-order valence-corrected chi connectivity index (χ3v) is 14.7. The Morgan fingerprint density at radius 3 is 1.46 bits per heavy atom. The van der Waals surface area contributed by atoms with Crippen molar-refractivity contribution in [3.63, 3.8) is 0 Å². The summed E-state index contributed by atoms with van der Waals surface area (Å²) in [6, 6.07) is 84.7. The number of aromatic nitrogens is 5. The normalized spacial score (nSPS) is 11.8. The molecule has 0 saturated heterocycles. The van der Waals surface area contributed by atoms with Crippen LogP contribution >= 0.6 is 11.3 Å². The predicted molar refractivity (Wildman–Crippen MR) is 289 cm³/mol. The standard InChI is InChI=1S/C63H39N5S/c1-5-17-40(18-6-1)61-64-62(41-19-7-2-8-20-41)66-63(65-61)50-28-16-30-58-59(50)53-38-43(33-36-57(53)69-58)42-31-34-55-51(37-42)52-39-44(32-35-56(52)67(55)45-21-9-3-10-22-45)47-26-15-27-49-48-25-13-14-29-54(48)68(60(47)49)46-23-11-4-12-24-46/h1-39H. The van der Waals surface area contributed by atoms with Crippen molar-refractivity contribution in [3.8, 4) is 67.8 Å². The van der Waals surface area contributed by atoms with Gasteiger partial charge in [0, 0.05) is 75.3 Å². The van der Waals surface area contributed by atoms with Crippen LogP contribution in [0.5, 0.6) is 0 Å². The van der Waals surface area contributed by atoms with E-state index >= 15 is 0 Å². The molecule has 4 heterocycles. The smallest absolute Gasteiger partial charge is 0.164 e. The molecular weight excluding hydrogens is 859 g/mol. The molecule has 0 fully saturated rings. The number of rotatable bonds is 7. The third kappa shape index (κ3) is 6.41. The maximum Gasteiger partial charge on any atom is 0.164 e. The van der Waals surface area contributed by atoms with E-state index in [0.717, 1.165) is 50.1 Å². The maximum absolute atomic E-state index is 5.16. The zero-order valence-electron chi connectivity index (χ0n) is 37.2. The van der Waals surface area contributed by atoms with Crippen LogP contribution in [0.2, 0.25) is 0 Å². The lowest BCUT2D eigenvalue weighted by atomic mass is 9.97. The Kier molecular flexibility index (Phi) is 9.00. The van der Waals surface area contributed by atoms with E-state index in [1.54, 1.807) is 11.3 Å². The van der Waals surface area contributed by atoms with Crippen LogP contribution in [0.1, 0.15) is 0 Å². The molecular formula is C63H39N5S. The van der Waals surface area contributed by atoms with Crippen molar-refractivity contribution >= 4 is 75.1 Å². The molecule has 0 atom stereocenters. The molecule has 0 bridgehead atoms. The molecule has 6 heteroatoms. The molecule has 14 rings (SSSR count). The molecule has 0 N–H and O–H groups in total. The predicted octanol–water partition coefficient (Wildman–Crippen LogP) is 16.8. The number of thiophene rings is 1. The number of nitrogens with zero attached hydrogens (tertiary/aromatic N) is 5. The fraction of sp³-hybridized carbons (Fsp3) is 0. The summed E-state index contributed by atoms with van der Waals surface area (Å²) in [4.78, 5) is 15.3. The maximum atomic E-state index is 5.16. The highest BCUT2D eigenvalue weighted by Crippen LogP contribution is 2.44. The van der Waals surface area contributed by atoms with Crippen molar-refractivity contribution in [1.29, 1.82) is 0 Å². The van der Waals surface area contributed by atoms with Crippen LogP contribution in [0.25, 0.3) is 132 Å². The van der Waals surface area contributed by atoms with Gasteiger partial charge in [-0.1, -0.05) is 164 Å². The Hall–Kier alpha value is -8.97. The minimum absolute atomic E-state index is 0.651. The Morgan fingerprint density at radius 1 is 0.290 bits per heavy atom. The quantitative estimate of drug-likeness (QED) is 0.160. The fourth-order valence-electron chi connectivity index (χ4n) is 10.4. The van der Waals surface area contributed by atoms with E-state index < -0.39 is 0 Å². The number of benzene rings is 10. The minimum Gasteiger partial charge on any atom is -0.309 e. The first kappa shape index (κ1) is 39.2. The SMILES string of the molecule is c1ccc(-c2nc(-c3ccccc3)nc(-c3cccc4sc5ccc(-c6ccc7c(c6)c6cc(-c8cccc9c%10ccccc%10n(-c%10ccccc%10)c89)ccc6n7-c6ccccc6)cc5c34)n2)cc1. The van der Waals surface area contributed by atoms with Crippen molar-refractivity contribution in [2.24, 2.45) is 0 Å². The molecule has 5 nitrogen and oxygen atoms in total. The lowest BCUT2D eigenvalue weighted by molar-refractivity contribution is 1.08. The molecule has 0 aliphatic rings. The highest BCUT2D eigenvalue weighted by atomic mass is 32.1. The summed E-state index contributed by atoms with van der Waals surface area (Å²) in [6.07, 6.45) is 0. The van der Waals surface area contributed by atoms with Gasteiger partial charge in [0.2, 0.25) is 0 Å². The summed E-state index contributed by atoms with van der Waals surface area (Å²) >= 11 is 1.81. The second-order valence-corrected chi connectivity index (χ2v) is 18.6. The van der Waals surface area contributed by atoms with Crippen molar-refractivity contribution in [3.05, 3.63) is 237 Å². The summed E-state index contributed by atoms with van der Waals surface area (Å²) in [5.74, 6) is 1.96. The van der Waals surface area contributed by atoms with Gasteiger partial charge in [0.1, 0.15) is 0 Å². The lowest BCUT2D eigenvalue weighted by Crippen LogP contribution is -2.00. The molecule has 0 radical (unpaired) electrons. The molecule has 0 saturated carbocycles. The third-order valence-electron chi connectivity index (χ3n) is 13.6. The van der Waals surface area contributed by atoms with Gasteiger partial charge in [-0.25, -0.2) is 15.0 Å². The number of hydrogen-bond donors (Lipinski definition) is 0. The topological polar surface area (TPSA) is 48.5 Å². The van der Waals surface area contributed by atoms with Gasteiger partial charge in [0.05, 0.1) is 22.1 Å². The van der Waals surface area contributed by atoms with Gasteiger partial charge in [0.15, 0.2) is 17.5 Å². The van der Waals surface area contributed by atoms with Gasteiger partial charge in [-0.15, -0.1) is 11.3 Å². The molecule has 69 heavy (non-hydrogen) atoms. The van der Waals surface area contributed by atoms with E-state index in [0.29, 0.717) is 17.5 Å². The van der Waals surface area contributed by atoms with Crippen LogP contribution in [0.4, 0.5) is 0 Å². The Bertz CT molecular complexity index is 4230. The molecule has 0 aliphatic heterocycles. The van der Waals surface area contributed by atoms with Gasteiger partial charge in [-0.3, -0.25) is 0 Å². The van der Waals surface area contributed by atoms with E-state index in [9.17, 15) is 0 Å². The van der Waals surface area contributed by atoms with Crippen LogP contribution in [0.15, 0.2) is 237 Å². The Morgan fingerprint density at radius 2 is 0.783 bits per heavy atom. The van der Waals surface area contributed by atoms with Crippen LogP contribution in [0.3, 0.4) is 0 Å². The van der Waals surface area contributed by atoms with E-state index in [2.05, 4.69) is 209 Å². The largest absolute Gasteiger partial charge is 0.309 e. The van der Waals surface area contributed by atoms with Crippen molar-refractivity contribution in [2.75, 3.05) is 0 Å². The van der Waals surface area contributed by atoms with E-state index in [1.165, 1.54) is 64.0 Å². The molecule has 0 aliphatic carbocycles. The lowest BCUT2D eigenvalue weighted by Gasteiger charge is -2.12. The molecule has 322 valence electrons. The van der Waals surface area contributed by atoms with Crippen molar-refractivity contribution in [1.82, 2.24) is 24.1 Å². The Labute approximate surface area is 401 Å². The van der Waals surface area contributed by atoms with Gasteiger partial charge < -0.3 is 9.13 Å². The molecule has 10 aromatic carbocycles. The second-order valence-electron chi connectivity index (χ2n) is 17.6. The zero-order chi connectivity index (χ0) is 45.4. The van der Waals surface area contributed by atoms with Crippen molar-refractivity contribution < 1.29 is 0 Å². The van der Waals surface area contributed by atoms with E-state index in [1.807, 2.05) is 36.4 Å². The number of fused-ring (bicyclic) bond motifs is 9. The van der Waals surface area contributed by atoms with Crippen LogP contribution in [-0.2, 0) is 0 Å². The summed E-state index contributed by atoms with van der Waals surface area (Å²) < 4.78 is 7.24. The van der Waals surface area contributed by atoms with Crippen LogP contribution < -0.4 is 0 Å². The second kappa shape index (κ2) is 15.8.